The summed E-state index contributed by atoms with van der Waals surface area (Å²) in [4.78, 5) is 40.7. The second kappa shape index (κ2) is 7.92. The summed E-state index contributed by atoms with van der Waals surface area (Å²) in [5.74, 6) is -2.40. The number of hydrogen-bond acceptors (Lipinski definition) is 7. The molecule has 7 atom stereocenters. The molecule has 7 nitrogen and oxygen atoms in total. The van der Waals surface area contributed by atoms with Crippen LogP contribution in [0, 0.1) is 34.0 Å². The predicted molar refractivity (Wildman–Crippen MR) is 128 cm³/mol. The Kier molecular flexibility index (Phi) is 5.92. The van der Waals surface area contributed by atoms with Crippen LogP contribution in [0.4, 0.5) is 0 Å². The van der Waals surface area contributed by atoms with Crippen molar-refractivity contribution < 1.29 is 33.0 Å². The van der Waals surface area contributed by atoms with E-state index < -0.39 is 42.0 Å². The van der Waals surface area contributed by atoms with Crippen LogP contribution in [0.5, 0.6) is 0 Å². The Morgan fingerprint density at radius 1 is 0.971 bits per heavy atom. The van der Waals surface area contributed by atoms with E-state index >= 15 is 0 Å². The maximum atomic E-state index is 13.8. The molecule has 4 saturated carbocycles. The van der Waals surface area contributed by atoms with Crippen molar-refractivity contribution in [2.75, 3.05) is 21.3 Å². The van der Waals surface area contributed by atoms with Crippen LogP contribution in [0.25, 0.3) is 0 Å². The van der Waals surface area contributed by atoms with Crippen LogP contribution in [-0.4, -0.2) is 53.2 Å². The Morgan fingerprint density at radius 3 is 2.18 bits per heavy atom. The van der Waals surface area contributed by atoms with Crippen LogP contribution < -0.4 is 0 Å². The van der Waals surface area contributed by atoms with Crippen molar-refractivity contribution in [2.45, 2.75) is 77.1 Å². The van der Waals surface area contributed by atoms with Crippen LogP contribution >= 0.6 is 0 Å². The molecule has 0 radical (unpaired) electrons. The van der Waals surface area contributed by atoms with Gasteiger partial charge in [-0.1, -0.05) is 13.0 Å². The van der Waals surface area contributed by atoms with Gasteiger partial charge in [-0.15, -0.1) is 0 Å². The second-order valence-corrected chi connectivity index (χ2v) is 16.7. The molecular weight excluding hydrogens is 452 g/mol. The average molecular weight is 493 g/mol. The van der Waals surface area contributed by atoms with E-state index in [4.69, 9.17) is 18.6 Å². The molecule has 0 heterocycles. The molecule has 2 bridgehead atoms. The fraction of sp³-hybridized carbons (Fsp3) is 0.808. The van der Waals surface area contributed by atoms with E-state index in [1.807, 2.05) is 6.92 Å². The van der Waals surface area contributed by atoms with Crippen molar-refractivity contribution in [2.24, 2.45) is 34.0 Å². The molecule has 0 aliphatic heterocycles. The molecule has 34 heavy (non-hydrogen) atoms. The fourth-order valence-corrected chi connectivity index (χ4v) is 10.4. The summed E-state index contributed by atoms with van der Waals surface area (Å²) in [5, 5.41) is 0. The molecule has 4 fully saturated rings. The Labute approximate surface area is 204 Å². The van der Waals surface area contributed by atoms with E-state index in [0.717, 1.165) is 18.4 Å². The van der Waals surface area contributed by atoms with Gasteiger partial charge in [0.2, 0.25) is 0 Å². The Hall–Kier alpha value is -1.67. The zero-order chi connectivity index (χ0) is 25.3. The number of hydrogen-bond donors (Lipinski definition) is 0. The number of rotatable bonds is 5. The highest BCUT2D eigenvalue weighted by Gasteiger charge is 2.81. The lowest BCUT2D eigenvalue weighted by Gasteiger charge is -2.51. The van der Waals surface area contributed by atoms with Crippen molar-refractivity contribution in [1.82, 2.24) is 0 Å². The van der Waals surface area contributed by atoms with Crippen molar-refractivity contribution in [1.29, 1.82) is 0 Å². The summed E-state index contributed by atoms with van der Waals surface area (Å²) < 4.78 is 22.9. The summed E-state index contributed by atoms with van der Waals surface area (Å²) >= 11 is 0. The van der Waals surface area contributed by atoms with Crippen LogP contribution in [0.3, 0.4) is 0 Å². The van der Waals surface area contributed by atoms with Gasteiger partial charge >= 0.3 is 17.9 Å². The van der Waals surface area contributed by atoms with Crippen molar-refractivity contribution >= 4 is 26.2 Å². The molecule has 8 heteroatoms. The summed E-state index contributed by atoms with van der Waals surface area (Å²) in [6.45, 7) is 12.8. The predicted octanol–water partition coefficient (Wildman–Crippen LogP) is 4.26. The van der Waals surface area contributed by atoms with Crippen molar-refractivity contribution in [3.63, 3.8) is 0 Å². The monoisotopic (exact) mass is 492 g/mol. The molecule has 190 valence electrons. The Morgan fingerprint density at radius 2 is 1.62 bits per heavy atom. The molecule has 3 unspecified atom stereocenters. The zero-order valence-corrected chi connectivity index (χ0v) is 22.7. The highest BCUT2D eigenvalue weighted by molar-refractivity contribution is 6.69. The maximum Gasteiger partial charge on any atom is 0.312 e. The van der Waals surface area contributed by atoms with Crippen molar-refractivity contribution in [3.05, 3.63) is 12.2 Å². The van der Waals surface area contributed by atoms with Gasteiger partial charge in [-0.3, -0.25) is 14.4 Å². The zero-order valence-electron chi connectivity index (χ0n) is 21.7. The number of carbonyl (C=O) groups excluding carboxylic acids is 3. The first-order valence-electron chi connectivity index (χ1n) is 12.4. The molecule has 0 aromatic rings. The van der Waals surface area contributed by atoms with E-state index in [1.54, 1.807) is 0 Å². The van der Waals surface area contributed by atoms with E-state index in [2.05, 4.69) is 26.2 Å². The van der Waals surface area contributed by atoms with Crippen molar-refractivity contribution in [3.8, 4) is 0 Å². The molecule has 0 amide bonds. The summed E-state index contributed by atoms with van der Waals surface area (Å²) in [6.07, 6.45) is 4.53. The van der Waals surface area contributed by atoms with Gasteiger partial charge in [-0.25, -0.2) is 0 Å². The number of carbonyl (C=O) groups is 3. The van der Waals surface area contributed by atoms with E-state index in [9.17, 15) is 14.4 Å². The highest BCUT2D eigenvalue weighted by Crippen LogP contribution is 2.79. The summed E-state index contributed by atoms with van der Waals surface area (Å²) in [5.41, 5.74) is -2.02. The van der Waals surface area contributed by atoms with Gasteiger partial charge in [0.1, 0.15) is 0 Å². The number of ether oxygens (including phenoxy) is 3. The third-order valence-electron chi connectivity index (χ3n) is 9.61. The third-order valence-corrected chi connectivity index (χ3v) is 10.6. The maximum absolute atomic E-state index is 13.8. The first kappa shape index (κ1) is 25.4. The minimum atomic E-state index is -1.94. The molecule has 1 spiro atoms. The van der Waals surface area contributed by atoms with Gasteiger partial charge in [0.15, 0.2) is 8.32 Å². The summed E-state index contributed by atoms with van der Waals surface area (Å²) in [7, 11) is 2.24. The Bertz CT molecular complexity index is 925. The van der Waals surface area contributed by atoms with Gasteiger partial charge in [-0.05, 0) is 82.0 Å². The van der Waals surface area contributed by atoms with E-state index in [1.165, 1.54) is 21.3 Å². The topological polar surface area (TPSA) is 88.1 Å². The smallest absolute Gasteiger partial charge is 0.312 e. The van der Waals surface area contributed by atoms with E-state index in [0.29, 0.717) is 32.1 Å². The molecule has 0 aromatic carbocycles. The van der Waals surface area contributed by atoms with Crippen LogP contribution in [-0.2, 0) is 33.0 Å². The molecular formula is C26H40O7Si. The number of fused-ring (bicyclic) bond motifs is 3. The van der Waals surface area contributed by atoms with Crippen LogP contribution in [0.2, 0.25) is 19.6 Å². The largest absolute Gasteiger partial charge is 0.469 e. The quantitative estimate of drug-likeness (QED) is 0.245. The minimum Gasteiger partial charge on any atom is -0.469 e. The normalized spacial score (nSPS) is 43.0. The van der Waals surface area contributed by atoms with Gasteiger partial charge in [-0.2, -0.15) is 0 Å². The lowest BCUT2D eigenvalue weighted by Crippen LogP contribution is -2.55. The van der Waals surface area contributed by atoms with Gasteiger partial charge in [0, 0.05) is 5.92 Å². The average Bonchev–Trinajstić information content (AvgIpc) is 3.15. The molecule has 0 N–H and O–H groups in total. The third kappa shape index (κ3) is 3.13. The number of esters is 3. The second-order valence-electron chi connectivity index (χ2n) is 12.3. The molecule has 4 aliphatic rings. The fourth-order valence-electron chi connectivity index (χ4n) is 8.94. The first-order chi connectivity index (χ1) is 15.8. The molecule has 0 saturated heterocycles. The molecule has 4 rings (SSSR count). The lowest BCUT2D eigenvalue weighted by molar-refractivity contribution is -0.181. The standard InChI is InChI=1S/C26H40O7Si/c1-16-14-24-15-25(16,33-34(6,7)8)13-10-17(24)26(22(29)32-5)12-9-11-23(2,21(28)31-4)19(26)18(24)20(27)30-3/h17-19H,1,9-15H2,2-8H3/t17?,18-,19?,23?,24+,25+,26-/m1/s1. The Balaban J connectivity index is 1.98. The van der Waals surface area contributed by atoms with Crippen LogP contribution in [0.15, 0.2) is 12.2 Å². The highest BCUT2D eigenvalue weighted by atomic mass is 28.4. The summed E-state index contributed by atoms with van der Waals surface area (Å²) in [6, 6.07) is 0. The SMILES string of the molecule is C=C1C[C@]23C[C@@]1(O[Si](C)(C)C)CCC2[C@]1(C(=O)OC)CCCC(C)(C(=O)OC)C1[C@@H]3C(=O)OC. The minimum absolute atomic E-state index is 0.122. The van der Waals surface area contributed by atoms with Gasteiger partial charge < -0.3 is 18.6 Å². The lowest BCUT2D eigenvalue weighted by atomic mass is 9.52. The van der Waals surface area contributed by atoms with Crippen LogP contribution in [0.1, 0.15) is 51.9 Å². The first-order valence-corrected chi connectivity index (χ1v) is 15.8. The van der Waals surface area contributed by atoms with Gasteiger partial charge in [0.05, 0.1) is 43.7 Å². The number of methoxy groups -OCH3 is 3. The van der Waals surface area contributed by atoms with E-state index in [-0.39, 0.29) is 23.8 Å². The molecule has 0 aromatic heterocycles. The molecule has 4 aliphatic carbocycles. The van der Waals surface area contributed by atoms with Gasteiger partial charge in [0.25, 0.3) is 0 Å².